The fraction of sp³-hybridized carbons (Fsp3) is 0.857. The van der Waals surface area contributed by atoms with Gasteiger partial charge in [-0.25, -0.2) is 0 Å². The van der Waals surface area contributed by atoms with Gasteiger partial charge in [-0.2, -0.15) is 0 Å². The zero-order valence-corrected chi connectivity index (χ0v) is 21.4. The molecule has 0 amide bonds. The highest BCUT2D eigenvalue weighted by Crippen LogP contribution is 2.28. The van der Waals surface area contributed by atoms with Crippen molar-refractivity contribution in [2.45, 2.75) is 131 Å². The molecule has 1 saturated heterocycles. The molecule has 176 valence electrons. The number of rotatable bonds is 13. The molecule has 2 rings (SSSR count). The number of aromatic nitrogens is 1. The van der Waals surface area contributed by atoms with Crippen LogP contribution < -0.4 is 0 Å². The molecule has 2 nitrogen and oxygen atoms in total. The first-order chi connectivity index (χ1) is 14.5. The highest BCUT2D eigenvalue weighted by atomic mass is 15.2. The predicted octanol–water partition coefficient (Wildman–Crippen LogP) is 8.80. The molecule has 0 aliphatic carbocycles. The Morgan fingerprint density at radius 2 is 1.63 bits per heavy atom. The lowest BCUT2D eigenvalue weighted by Crippen LogP contribution is -2.43. The molecule has 1 aliphatic rings. The van der Waals surface area contributed by atoms with Crippen molar-refractivity contribution in [3.63, 3.8) is 0 Å². The molecule has 3 unspecified atom stereocenters. The number of hydrogen-bond acceptors (Lipinski definition) is 1. The summed E-state index contributed by atoms with van der Waals surface area (Å²) in [6, 6.07) is 3.00. The first-order valence-corrected chi connectivity index (χ1v) is 13.4. The SMILES string of the molecule is CC(C)c1cc[nH]c1.CCCCC(CC)CC1CCCCN1CC(CC)CCCC. The molecule has 0 aromatic carbocycles. The van der Waals surface area contributed by atoms with Gasteiger partial charge in [0.25, 0.3) is 0 Å². The second-order valence-corrected chi connectivity index (χ2v) is 10.0. The summed E-state index contributed by atoms with van der Waals surface area (Å²) in [5.41, 5.74) is 1.38. The van der Waals surface area contributed by atoms with Crippen LogP contribution in [0.4, 0.5) is 0 Å². The van der Waals surface area contributed by atoms with Crippen LogP contribution >= 0.6 is 0 Å². The summed E-state index contributed by atoms with van der Waals surface area (Å²) in [7, 11) is 0. The molecule has 2 heteroatoms. The minimum Gasteiger partial charge on any atom is -0.367 e. The van der Waals surface area contributed by atoms with Crippen LogP contribution in [0.25, 0.3) is 0 Å². The third-order valence-corrected chi connectivity index (χ3v) is 7.22. The Balaban J connectivity index is 0.000000467. The number of piperidine rings is 1. The molecule has 30 heavy (non-hydrogen) atoms. The average Bonchev–Trinajstić information content (AvgIpc) is 3.31. The van der Waals surface area contributed by atoms with Crippen LogP contribution in [0.3, 0.4) is 0 Å². The first kappa shape index (κ1) is 27.3. The summed E-state index contributed by atoms with van der Waals surface area (Å²) in [5.74, 6) is 2.57. The van der Waals surface area contributed by atoms with Crippen LogP contribution in [0.1, 0.15) is 130 Å². The molecule has 2 heterocycles. The fourth-order valence-corrected chi connectivity index (χ4v) is 4.88. The van der Waals surface area contributed by atoms with Crippen LogP contribution in [0, 0.1) is 11.8 Å². The maximum atomic E-state index is 3.01. The number of hydrogen-bond donors (Lipinski definition) is 1. The molecule has 0 radical (unpaired) electrons. The van der Waals surface area contributed by atoms with Gasteiger partial charge in [0.05, 0.1) is 0 Å². The Morgan fingerprint density at radius 3 is 2.13 bits per heavy atom. The van der Waals surface area contributed by atoms with E-state index >= 15 is 0 Å². The van der Waals surface area contributed by atoms with Crippen molar-refractivity contribution in [2.75, 3.05) is 13.1 Å². The number of nitrogens with zero attached hydrogens (tertiary/aromatic N) is 1. The third kappa shape index (κ3) is 11.0. The molecule has 1 N–H and O–H groups in total. The summed E-state index contributed by atoms with van der Waals surface area (Å²) in [4.78, 5) is 5.90. The molecular formula is C28H54N2. The van der Waals surface area contributed by atoms with Gasteiger partial charge in [0.15, 0.2) is 0 Å². The van der Waals surface area contributed by atoms with E-state index in [4.69, 9.17) is 0 Å². The fourth-order valence-electron chi connectivity index (χ4n) is 4.88. The number of unbranched alkanes of at least 4 members (excludes halogenated alkanes) is 2. The summed E-state index contributed by atoms with van der Waals surface area (Å²) >= 11 is 0. The number of H-pyrrole nitrogens is 1. The van der Waals surface area contributed by atoms with Gasteiger partial charge in [0, 0.05) is 25.0 Å². The van der Waals surface area contributed by atoms with E-state index in [1.807, 2.05) is 12.4 Å². The van der Waals surface area contributed by atoms with Gasteiger partial charge in [0.1, 0.15) is 0 Å². The molecule has 1 aromatic heterocycles. The van der Waals surface area contributed by atoms with E-state index in [9.17, 15) is 0 Å². The smallest absolute Gasteiger partial charge is 0.00980 e. The van der Waals surface area contributed by atoms with Gasteiger partial charge in [-0.15, -0.1) is 0 Å². The molecule has 0 saturated carbocycles. The van der Waals surface area contributed by atoms with Crippen LogP contribution in [-0.2, 0) is 0 Å². The molecule has 1 fully saturated rings. The summed E-state index contributed by atoms with van der Waals surface area (Å²) in [6.07, 6.45) is 21.1. The van der Waals surface area contributed by atoms with Crippen LogP contribution in [0.5, 0.6) is 0 Å². The van der Waals surface area contributed by atoms with Crippen molar-refractivity contribution in [1.29, 1.82) is 0 Å². The lowest BCUT2D eigenvalue weighted by Gasteiger charge is -2.39. The highest BCUT2D eigenvalue weighted by Gasteiger charge is 2.26. The van der Waals surface area contributed by atoms with Gasteiger partial charge in [0.2, 0.25) is 0 Å². The molecule has 0 bridgehead atoms. The van der Waals surface area contributed by atoms with E-state index in [2.05, 4.69) is 57.5 Å². The van der Waals surface area contributed by atoms with Crippen molar-refractivity contribution in [3.05, 3.63) is 24.0 Å². The average molecular weight is 419 g/mol. The van der Waals surface area contributed by atoms with Gasteiger partial charge in [-0.3, -0.25) is 0 Å². The lowest BCUT2D eigenvalue weighted by atomic mass is 9.87. The number of aromatic amines is 1. The maximum Gasteiger partial charge on any atom is 0.00980 e. The summed E-state index contributed by atoms with van der Waals surface area (Å²) in [5, 5.41) is 0. The Labute approximate surface area is 189 Å². The Bertz CT molecular complexity index is 453. The molecular weight excluding hydrogens is 364 g/mol. The summed E-state index contributed by atoms with van der Waals surface area (Å²) in [6.45, 7) is 16.6. The molecule has 0 spiro atoms. The monoisotopic (exact) mass is 418 g/mol. The van der Waals surface area contributed by atoms with E-state index in [0.717, 1.165) is 17.9 Å². The number of likely N-dealkylation sites (tertiary alicyclic amines) is 1. The van der Waals surface area contributed by atoms with Crippen molar-refractivity contribution >= 4 is 0 Å². The standard InChI is InChI=1S/C21H43N.C7H11N/c1-5-9-13-19(7-3)17-21-15-11-12-16-22(21)18-20(8-4)14-10-6-2;1-6(2)7-3-4-8-5-7/h19-21H,5-18H2,1-4H3;3-6,8H,1-2H3. The van der Waals surface area contributed by atoms with E-state index in [1.54, 1.807) is 0 Å². The van der Waals surface area contributed by atoms with Gasteiger partial charge in [-0.05, 0) is 61.6 Å². The first-order valence-electron chi connectivity index (χ1n) is 13.4. The largest absolute Gasteiger partial charge is 0.367 e. The predicted molar refractivity (Wildman–Crippen MR) is 135 cm³/mol. The Hall–Kier alpha value is -0.760. The van der Waals surface area contributed by atoms with E-state index < -0.39 is 0 Å². The lowest BCUT2D eigenvalue weighted by molar-refractivity contribution is 0.0990. The van der Waals surface area contributed by atoms with Crippen molar-refractivity contribution < 1.29 is 0 Å². The minimum absolute atomic E-state index is 0.654. The van der Waals surface area contributed by atoms with E-state index in [0.29, 0.717) is 5.92 Å². The van der Waals surface area contributed by atoms with Crippen molar-refractivity contribution in [1.82, 2.24) is 9.88 Å². The van der Waals surface area contributed by atoms with E-state index in [-0.39, 0.29) is 0 Å². The quantitative estimate of drug-likeness (QED) is 0.339. The van der Waals surface area contributed by atoms with Crippen molar-refractivity contribution in [3.8, 4) is 0 Å². The number of nitrogens with one attached hydrogen (secondary N) is 1. The van der Waals surface area contributed by atoms with Crippen LogP contribution in [0.2, 0.25) is 0 Å². The Kier molecular flexibility index (Phi) is 15.3. The molecule has 1 aliphatic heterocycles. The zero-order chi connectivity index (χ0) is 22.2. The molecule has 1 aromatic rings. The van der Waals surface area contributed by atoms with E-state index in [1.165, 1.54) is 95.7 Å². The zero-order valence-electron chi connectivity index (χ0n) is 21.4. The topological polar surface area (TPSA) is 19.0 Å². The Morgan fingerprint density at radius 1 is 0.967 bits per heavy atom. The normalized spacial score (nSPS) is 19.4. The summed E-state index contributed by atoms with van der Waals surface area (Å²) < 4.78 is 0. The molecule has 3 atom stereocenters. The van der Waals surface area contributed by atoms with Gasteiger partial charge < -0.3 is 9.88 Å². The second-order valence-electron chi connectivity index (χ2n) is 10.0. The van der Waals surface area contributed by atoms with Gasteiger partial charge in [-0.1, -0.05) is 92.9 Å². The van der Waals surface area contributed by atoms with Crippen molar-refractivity contribution in [2.24, 2.45) is 11.8 Å². The second kappa shape index (κ2) is 16.9. The highest BCUT2D eigenvalue weighted by molar-refractivity contribution is 5.12. The minimum atomic E-state index is 0.654. The maximum absolute atomic E-state index is 3.01. The van der Waals surface area contributed by atoms with Crippen LogP contribution in [0.15, 0.2) is 18.5 Å². The van der Waals surface area contributed by atoms with Crippen LogP contribution in [-0.4, -0.2) is 29.0 Å². The third-order valence-electron chi connectivity index (χ3n) is 7.22. The van der Waals surface area contributed by atoms with Gasteiger partial charge >= 0.3 is 0 Å².